The van der Waals surface area contributed by atoms with Gasteiger partial charge in [-0.3, -0.25) is 20.0 Å². The molecule has 29 heavy (non-hydrogen) atoms. The molecular weight excluding hydrogens is 400 g/mol. The van der Waals surface area contributed by atoms with Crippen molar-refractivity contribution < 1.29 is 14.5 Å². The van der Waals surface area contributed by atoms with E-state index in [-0.39, 0.29) is 28.6 Å². The predicted molar refractivity (Wildman–Crippen MR) is 109 cm³/mol. The van der Waals surface area contributed by atoms with E-state index in [0.29, 0.717) is 16.3 Å². The van der Waals surface area contributed by atoms with E-state index in [4.69, 9.17) is 22.1 Å². The van der Waals surface area contributed by atoms with E-state index >= 15 is 0 Å². The van der Waals surface area contributed by atoms with Crippen LogP contribution in [0.15, 0.2) is 47.5 Å². The number of aromatic amines is 1. The SMILES string of the molecule is COc1ccc(C=Nc2n[nH]c(Nc3ccccc3Cl)c2C(N)=O)cc1[N+](=O)[O-]. The number of benzene rings is 2. The van der Waals surface area contributed by atoms with Crippen molar-refractivity contribution in [2.75, 3.05) is 12.4 Å². The highest BCUT2D eigenvalue weighted by atomic mass is 35.5. The highest BCUT2D eigenvalue weighted by molar-refractivity contribution is 6.33. The summed E-state index contributed by atoms with van der Waals surface area (Å²) in [6, 6.07) is 11.2. The van der Waals surface area contributed by atoms with Crippen LogP contribution in [0.25, 0.3) is 0 Å². The fourth-order valence-electron chi connectivity index (χ4n) is 2.51. The Bertz CT molecular complexity index is 1110. The van der Waals surface area contributed by atoms with Gasteiger partial charge in [0.15, 0.2) is 11.6 Å². The van der Waals surface area contributed by atoms with Crippen LogP contribution in [-0.4, -0.2) is 34.4 Å². The van der Waals surface area contributed by atoms with Gasteiger partial charge in [-0.2, -0.15) is 5.10 Å². The zero-order valence-electron chi connectivity index (χ0n) is 15.0. The van der Waals surface area contributed by atoms with Crippen molar-refractivity contribution in [3.63, 3.8) is 0 Å². The molecule has 3 rings (SSSR count). The highest BCUT2D eigenvalue weighted by Crippen LogP contribution is 2.30. The maximum atomic E-state index is 11.9. The molecule has 10 nitrogen and oxygen atoms in total. The molecule has 0 saturated heterocycles. The van der Waals surface area contributed by atoms with Crippen molar-refractivity contribution in [1.82, 2.24) is 10.2 Å². The summed E-state index contributed by atoms with van der Waals surface area (Å²) in [5.41, 5.74) is 6.23. The minimum atomic E-state index is -0.763. The maximum Gasteiger partial charge on any atom is 0.311 e. The molecule has 0 aliphatic rings. The number of carbonyl (C=O) groups excluding carboxylic acids is 1. The highest BCUT2D eigenvalue weighted by Gasteiger charge is 2.19. The average Bonchev–Trinajstić information content (AvgIpc) is 3.10. The van der Waals surface area contributed by atoms with Crippen LogP contribution in [0.5, 0.6) is 5.75 Å². The van der Waals surface area contributed by atoms with E-state index < -0.39 is 10.8 Å². The van der Waals surface area contributed by atoms with Crippen molar-refractivity contribution in [3.8, 4) is 5.75 Å². The third-order valence-corrected chi connectivity index (χ3v) is 4.19. The standard InChI is InChI=1S/C18H15ClN6O4/c1-29-14-7-6-10(8-13(14)25(27)28)9-21-17-15(16(20)26)18(24-23-17)22-12-5-3-2-4-11(12)19/h2-9H,1H3,(H2,20,26)(H2,22,23,24). The number of nitrogens with one attached hydrogen (secondary N) is 2. The number of halogens is 1. The normalized spacial score (nSPS) is 10.8. The van der Waals surface area contributed by atoms with Crippen molar-refractivity contribution in [2.24, 2.45) is 10.7 Å². The summed E-state index contributed by atoms with van der Waals surface area (Å²) in [7, 11) is 1.34. The number of aliphatic imine (C=N–C) groups is 1. The molecule has 0 unspecified atom stereocenters. The van der Waals surface area contributed by atoms with Crippen molar-refractivity contribution in [1.29, 1.82) is 0 Å². The van der Waals surface area contributed by atoms with Crippen LogP contribution in [0.2, 0.25) is 5.02 Å². The van der Waals surface area contributed by atoms with Gasteiger partial charge in [0.25, 0.3) is 5.91 Å². The van der Waals surface area contributed by atoms with Crippen LogP contribution in [0.3, 0.4) is 0 Å². The summed E-state index contributed by atoms with van der Waals surface area (Å²) in [5, 5.41) is 21.2. The Morgan fingerprint density at radius 3 is 2.79 bits per heavy atom. The van der Waals surface area contributed by atoms with Gasteiger partial charge in [-0.15, -0.1) is 0 Å². The monoisotopic (exact) mass is 414 g/mol. The third-order valence-electron chi connectivity index (χ3n) is 3.86. The van der Waals surface area contributed by atoms with Gasteiger partial charge in [-0.05, 0) is 29.8 Å². The van der Waals surface area contributed by atoms with Crippen molar-refractivity contribution in [2.45, 2.75) is 0 Å². The molecule has 3 aromatic rings. The summed E-state index contributed by atoms with van der Waals surface area (Å²) in [5.74, 6) is -0.402. The lowest BCUT2D eigenvalue weighted by molar-refractivity contribution is -0.385. The van der Waals surface area contributed by atoms with Gasteiger partial charge >= 0.3 is 5.69 Å². The summed E-state index contributed by atoms with van der Waals surface area (Å²) >= 11 is 6.11. The molecule has 4 N–H and O–H groups in total. The Balaban J connectivity index is 1.93. The number of nitro groups is 1. The molecule has 0 aliphatic carbocycles. The second-order valence-corrected chi connectivity index (χ2v) is 6.12. The molecule has 0 bridgehead atoms. The molecule has 0 radical (unpaired) electrons. The molecule has 0 fully saturated rings. The number of amides is 1. The summed E-state index contributed by atoms with van der Waals surface area (Å²) in [6.45, 7) is 0. The zero-order chi connectivity index (χ0) is 21.0. The number of H-pyrrole nitrogens is 1. The van der Waals surface area contributed by atoms with Gasteiger partial charge in [-0.25, -0.2) is 4.99 Å². The number of primary amides is 1. The van der Waals surface area contributed by atoms with E-state index in [1.165, 1.54) is 25.5 Å². The molecule has 11 heteroatoms. The molecule has 0 saturated carbocycles. The quantitative estimate of drug-likeness (QED) is 0.305. The number of anilines is 2. The number of rotatable bonds is 7. The Kier molecular flexibility index (Phi) is 5.74. The smallest absolute Gasteiger partial charge is 0.311 e. The lowest BCUT2D eigenvalue weighted by atomic mass is 10.2. The van der Waals surface area contributed by atoms with Crippen LogP contribution in [0.1, 0.15) is 15.9 Å². The number of nitrogens with two attached hydrogens (primary N) is 1. The number of aromatic nitrogens is 2. The number of nitro benzene ring substituents is 1. The van der Waals surface area contributed by atoms with Gasteiger partial charge in [-0.1, -0.05) is 23.7 Å². The molecule has 0 spiro atoms. The lowest BCUT2D eigenvalue weighted by Crippen LogP contribution is -2.12. The molecule has 1 heterocycles. The van der Waals surface area contributed by atoms with Crippen molar-refractivity contribution >= 4 is 46.7 Å². The molecule has 148 valence electrons. The molecular formula is C18H15ClN6O4. The Morgan fingerprint density at radius 2 is 2.14 bits per heavy atom. The van der Waals surface area contributed by atoms with Crippen LogP contribution < -0.4 is 15.8 Å². The Labute approximate surface area is 169 Å². The minimum absolute atomic E-state index is 0.0178. The Hall–Kier alpha value is -3.92. The maximum absolute atomic E-state index is 11.9. The number of methoxy groups -OCH3 is 1. The van der Waals surface area contributed by atoms with E-state index in [0.717, 1.165) is 0 Å². The average molecular weight is 415 g/mol. The minimum Gasteiger partial charge on any atom is -0.490 e. The summed E-state index contributed by atoms with van der Waals surface area (Å²) in [4.78, 5) is 26.6. The van der Waals surface area contributed by atoms with Gasteiger partial charge < -0.3 is 15.8 Å². The van der Waals surface area contributed by atoms with Gasteiger partial charge in [0.05, 0.1) is 22.7 Å². The molecule has 1 aromatic heterocycles. The first-order valence-corrected chi connectivity index (χ1v) is 8.54. The third kappa shape index (κ3) is 4.33. The van der Waals surface area contributed by atoms with Crippen LogP contribution in [0, 0.1) is 10.1 Å². The van der Waals surface area contributed by atoms with E-state index in [1.54, 1.807) is 30.3 Å². The van der Waals surface area contributed by atoms with Crippen LogP contribution in [0.4, 0.5) is 23.0 Å². The number of hydrogen-bond donors (Lipinski definition) is 3. The fraction of sp³-hybridized carbons (Fsp3) is 0.0556. The van der Waals surface area contributed by atoms with Crippen LogP contribution >= 0.6 is 11.6 Å². The zero-order valence-corrected chi connectivity index (χ0v) is 15.8. The largest absolute Gasteiger partial charge is 0.490 e. The topological polar surface area (TPSA) is 149 Å². The van der Waals surface area contributed by atoms with E-state index in [1.807, 2.05) is 0 Å². The van der Waals surface area contributed by atoms with Crippen LogP contribution in [-0.2, 0) is 0 Å². The first-order chi connectivity index (χ1) is 13.9. The molecule has 2 aromatic carbocycles. The number of para-hydroxylation sites is 1. The van der Waals surface area contributed by atoms with Gasteiger partial charge in [0, 0.05) is 12.3 Å². The second-order valence-electron chi connectivity index (χ2n) is 5.71. The van der Waals surface area contributed by atoms with E-state index in [2.05, 4.69) is 20.5 Å². The molecule has 0 aliphatic heterocycles. The van der Waals surface area contributed by atoms with Gasteiger partial charge in [0.2, 0.25) is 0 Å². The summed E-state index contributed by atoms with van der Waals surface area (Å²) in [6.07, 6.45) is 1.33. The van der Waals surface area contributed by atoms with E-state index in [9.17, 15) is 14.9 Å². The molecule has 1 amide bonds. The second kappa shape index (κ2) is 8.40. The predicted octanol–water partition coefficient (Wildman–Crippen LogP) is 3.57. The lowest BCUT2D eigenvalue weighted by Gasteiger charge is -2.07. The number of carbonyl (C=O) groups is 1. The fourth-order valence-corrected chi connectivity index (χ4v) is 2.70. The van der Waals surface area contributed by atoms with Crippen molar-refractivity contribution in [3.05, 3.63) is 68.7 Å². The number of ether oxygens (including phenoxy) is 1. The van der Waals surface area contributed by atoms with Gasteiger partial charge in [0.1, 0.15) is 11.4 Å². The number of nitrogens with zero attached hydrogens (tertiary/aromatic N) is 3. The first-order valence-electron chi connectivity index (χ1n) is 8.17. The Morgan fingerprint density at radius 1 is 1.38 bits per heavy atom. The number of hydrogen-bond acceptors (Lipinski definition) is 7. The molecule has 0 atom stereocenters. The first kappa shape index (κ1) is 19.8. The summed E-state index contributed by atoms with van der Waals surface area (Å²) < 4.78 is 4.96.